The largest absolute Gasteiger partial charge is 0.469 e. The molecule has 0 saturated heterocycles. The van der Waals surface area contributed by atoms with Crippen LogP contribution in [0.2, 0.25) is 0 Å². The molecule has 10 bridgehead atoms. The van der Waals surface area contributed by atoms with Gasteiger partial charge in [0.2, 0.25) is 0 Å². The zero-order valence-electron chi connectivity index (χ0n) is 25.0. The van der Waals surface area contributed by atoms with Crippen molar-refractivity contribution >= 4 is 39.2 Å². The first-order valence-electron chi connectivity index (χ1n) is 14.7. The van der Waals surface area contributed by atoms with Crippen molar-refractivity contribution < 1.29 is 9.53 Å². The fraction of sp³-hybridized carbons (Fsp3) is 0.441. The summed E-state index contributed by atoms with van der Waals surface area (Å²) in [6.45, 7) is 13.6. The topological polar surface area (TPSA) is 110 Å². The minimum absolute atomic E-state index is 0.0621. The molecule has 0 aromatic carbocycles. The minimum atomic E-state index is -0.225. The van der Waals surface area contributed by atoms with E-state index in [4.69, 9.17) is 20.4 Å². The third-order valence-electron chi connectivity index (χ3n) is 10.5. The summed E-state index contributed by atoms with van der Waals surface area (Å²) >= 11 is 0. The van der Waals surface area contributed by atoms with Gasteiger partial charge < -0.3 is 20.4 Å². The van der Waals surface area contributed by atoms with E-state index in [1.54, 1.807) is 0 Å². The molecule has 0 radical (unpaired) electrons. The predicted octanol–water partition coefficient (Wildman–Crippen LogP) is 6.35. The maximum Gasteiger partial charge on any atom is 0.309 e. The third-order valence-corrected chi connectivity index (χ3v) is 10.5. The van der Waals surface area contributed by atoms with Gasteiger partial charge in [-0.25, -0.2) is 4.98 Å². The molecule has 7 rings (SSSR count). The second kappa shape index (κ2) is 8.89. The highest BCUT2D eigenvalue weighted by Crippen LogP contribution is 2.61. The predicted molar refractivity (Wildman–Crippen MR) is 164 cm³/mol. The molecule has 212 valence electrons. The molecule has 1 fully saturated rings. The fourth-order valence-corrected chi connectivity index (χ4v) is 7.92. The Morgan fingerprint density at radius 1 is 0.902 bits per heavy atom. The van der Waals surface area contributed by atoms with Gasteiger partial charge in [0.1, 0.15) is 0 Å². The van der Waals surface area contributed by atoms with E-state index in [0.29, 0.717) is 6.54 Å². The van der Waals surface area contributed by atoms with Crippen molar-refractivity contribution in [2.75, 3.05) is 13.7 Å². The number of nitrogens with one attached hydrogen (secondary N) is 2. The van der Waals surface area contributed by atoms with Crippen LogP contribution < -0.4 is 5.73 Å². The third kappa shape index (κ3) is 3.71. The average molecular weight is 550 g/mol. The maximum atomic E-state index is 13.0. The molecule has 7 nitrogen and oxygen atoms in total. The molecular formula is C34H39N5O2. The van der Waals surface area contributed by atoms with Crippen LogP contribution >= 0.6 is 0 Å². The quantitative estimate of drug-likeness (QED) is 0.323. The summed E-state index contributed by atoms with van der Waals surface area (Å²) in [5.41, 5.74) is 21.9. The minimum Gasteiger partial charge on any atom is -0.469 e. The van der Waals surface area contributed by atoms with E-state index in [0.717, 1.165) is 57.7 Å². The van der Waals surface area contributed by atoms with Crippen LogP contribution in [0, 0.1) is 25.7 Å². The molecular weight excluding hydrogens is 510 g/mol. The van der Waals surface area contributed by atoms with E-state index in [-0.39, 0.29) is 35.1 Å². The number of aryl methyl sites for hydroxylation is 2. The van der Waals surface area contributed by atoms with E-state index in [9.17, 15) is 4.79 Å². The van der Waals surface area contributed by atoms with Crippen molar-refractivity contribution in [2.45, 2.75) is 71.6 Å². The maximum absolute atomic E-state index is 13.0. The first-order chi connectivity index (χ1) is 19.5. The van der Waals surface area contributed by atoms with Crippen LogP contribution in [0.5, 0.6) is 0 Å². The molecule has 0 spiro atoms. The summed E-state index contributed by atoms with van der Waals surface area (Å²) in [6.07, 6.45) is 1.77. The number of nitrogens with zero attached hydrogens (tertiary/aromatic N) is 2. The molecule has 4 N–H and O–H groups in total. The van der Waals surface area contributed by atoms with Crippen LogP contribution in [0.15, 0.2) is 24.3 Å². The Labute approximate surface area is 240 Å². The lowest BCUT2D eigenvalue weighted by atomic mass is 9.76. The molecule has 2 aliphatic heterocycles. The summed E-state index contributed by atoms with van der Waals surface area (Å²) in [7, 11) is 1.49. The smallest absolute Gasteiger partial charge is 0.309 e. The first kappa shape index (κ1) is 26.2. The lowest BCUT2D eigenvalue weighted by Gasteiger charge is -2.28. The number of methoxy groups -OCH3 is 1. The van der Waals surface area contributed by atoms with Crippen molar-refractivity contribution in [3.05, 3.63) is 69.3 Å². The van der Waals surface area contributed by atoms with Gasteiger partial charge in [0.05, 0.1) is 24.4 Å². The van der Waals surface area contributed by atoms with Gasteiger partial charge in [0, 0.05) is 51.2 Å². The lowest BCUT2D eigenvalue weighted by Crippen LogP contribution is -2.34. The van der Waals surface area contributed by atoms with Gasteiger partial charge in [-0.3, -0.25) is 9.78 Å². The zero-order chi connectivity index (χ0) is 29.0. The summed E-state index contributed by atoms with van der Waals surface area (Å²) in [4.78, 5) is 30.8. The number of aromatic nitrogens is 4. The van der Waals surface area contributed by atoms with Gasteiger partial charge in [-0.05, 0) is 110 Å². The molecule has 5 heterocycles. The van der Waals surface area contributed by atoms with Crippen molar-refractivity contribution in [2.24, 2.45) is 17.6 Å². The average Bonchev–Trinajstić information content (AvgIpc) is 3.74. The number of carbonyl (C=O) groups excluding carboxylic acids is 1. The Hall–Kier alpha value is -3.71. The zero-order valence-corrected chi connectivity index (χ0v) is 25.0. The molecule has 0 unspecified atom stereocenters. The van der Waals surface area contributed by atoms with E-state index >= 15 is 0 Å². The Balaban J connectivity index is 1.60. The second-order valence-corrected chi connectivity index (χ2v) is 13.1. The lowest BCUT2D eigenvalue weighted by molar-refractivity contribution is -0.147. The molecule has 3 aromatic heterocycles. The Bertz CT molecular complexity index is 1840. The van der Waals surface area contributed by atoms with Crippen LogP contribution in [-0.4, -0.2) is 39.6 Å². The molecule has 41 heavy (non-hydrogen) atoms. The molecule has 3 aromatic rings. The van der Waals surface area contributed by atoms with E-state index in [2.05, 4.69) is 75.8 Å². The molecule has 2 aliphatic carbocycles. The Morgan fingerprint density at radius 2 is 1.49 bits per heavy atom. The van der Waals surface area contributed by atoms with Crippen molar-refractivity contribution in [1.29, 1.82) is 0 Å². The van der Waals surface area contributed by atoms with Gasteiger partial charge >= 0.3 is 5.97 Å². The number of carbonyl (C=O) groups is 1. The normalized spacial score (nSPS) is 24.2. The molecule has 0 amide bonds. The standard InChI is InChI=1S/C34H39N5O2/c1-15-16(2)24-10-25-17(3)18(4)26(38-25)11-27-31-20-9-21(30(22(20)14-35)33(40)41-7)32(31)28(39-27)12-29-34(5,6)13-19(36-29)8-23(15)37-24/h8,10-12,20-22,30,37,39H,9,13-14,35H2,1-7H3/t20-,21+,22+,30+/m1/s1. The van der Waals surface area contributed by atoms with Crippen LogP contribution in [-0.2, 0) is 21.4 Å². The van der Waals surface area contributed by atoms with E-state index < -0.39 is 0 Å². The van der Waals surface area contributed by atoms with Gasteiger partial charge in [-0.15, -0.1) is 0 Å². The number of rotatable bonds is 2. The highest BCUT2D eigenvalue weighted by molar-refractivity contribution is 5.92. The van der Waals surface area contributed by atoms with Gasteiger partial charge in [-0.1, -0.05) is 13.8 Å². The highest BCUT2D eigenvalue weighted by atomic mass is 16.5. The number of allylic oxidation sites excluding steroid dienone is 2. The monoisotopic (exact) mass is 549 g/mol. The summed E-state index contributed by atoms with van der Waals surface area (Å²) in [6, 6.07) is 8.81. The second-order valence-electron chi connectivity index (χ2n) is 13.1. The molecule has 4 aliphatic rings. The molecule has 7 heteroatoms. The number of hydrogen-bond acceptors (Lipinski definition) is 5. The summed E-state index contributed by atoms with van der Waals surface area (Å²) < 4.78 is 5.29. The van der Waals surface area contributed by atoms with Crippen LogP contribution in [0.4, 0.5) is 0 Å². The van der Waals surface area contributed by atoms with Gasteiger partial charge in [-0.2, -0.15) is 0 Å². The fourth-order valence-electron chi connectivity index (χ4n) is 7.92. The molecule has 1 saturated carbocycles. The Morgan fingerprint density at radius 3 is 2.15 bits per heavy atom. The number of nitrogens with two attached hydrogens (primary N) is 1. The first-order valence-corrected chi connectivity index (χ1v) is 14.7. The van der Waals surface area contributed by atoms with Crippen LogP contribution in [0.1, 0.15) is 91.0 Å². The van der Waals surface area contributed by atoms with E-state index in [1.165, 1.54) is 40.5 Å². The van der Waals surface area contributed by atoms with Crippen LogP contribution in [0.3, 0.4) is 0 Å². The van der Waals surface area contributed by atoms with E-state index in [1.807, 2.05) is 0 Å². The van der Waals surface area contributed by atoms with Crippen LogP contribution in [0.25, 0.3) is 33.2 Å². The Kier molecular flexibility index (Phi) is 5.68. The number of hydrogen-bond donors (Lipinski definition) is 3. The summed E-state index contributed by atoms with van der Waals surface area (Å²) in [5.74, 6) is -0.0398. The molecule has 4 atom stereocenters. The number of aromatic amines is 2. The van der Waals surface area contributed by atoms with Gasteiger partial charge in [0.15, 0.2) is 0 Å². The number of ether oxygens (including phenoxy) is 1. The number of fused-ring (bicyclic) bond motifs is 15. The number of H-pyrrole nitrogens is 2. The number of esters is 1. The SMILES string of the molecule is COC(=O)[C@@H]1[C@@H](CN)[C@H]2C[C@@H]1c1c2c2cc3nc(cc4[nH]c(cc5nc(cc1[nH]2)C(C)(C)C5)c(C)c4C)C(C)=C3C. The van der Waals surface area contributed by atoms with Crippen molar-refractivity contribution in [1.82, 2.24) is 19.9 Å². The van der Waals surface area contributed by atoms with Crippen molar-refractivity contribution in [3.63, 3.8) is 0 Å². The van der Waals surface area contributed by atoms with Gasteiger partial charge in [0.25, 0.3) is 0 Å². The van der Waals surface area contributed by atoms with Crippen molar-refractivity contribution in [3.8, 4) is 0 Å². The highest BCUT2D eigenvalue weighted by Gasteiger charge is 2.55. The summed E-state index contributed by atoms with van der Waals surface area (Å²) in [5, 5.41) is 0.